The fraction of sp³-hybridized carbons (Fsp3) is 0.286. The molecule has 0 radical (unpaired) electrons. The van der Waals surface area contributed by atoms with Gasteiger partial charge in [-0.15, -0.1) is 0 Å². The van der Waals surface area contributed by atoms with Gasteiger partial charge in [0.25, 0.3) is 5.91 Å². The van der Waals surface area contributed by atoms with Crippen LogP contribution in [0, 0.1) is 6.92 Å². The highest BCUT2D eigenvalue weighted by Gasteiger charge is 2.06. The van der Waals surface area contributed by atoms with Crippen LogP contribution in [-0.2, 0) is 4.79 Å². The van der Waals surface area contributed by atoms with E-state index in [1.807, 2.05) is 32.0 Å². The molecule has 6 heteroatoms. The summed E-state index contributed by atoms with van der Waals surface area (Å²) in [5.74, 6) is 0.465. The lowest BCUT2D eigenvalue weighted by molar-refractivity contribution is -0.116. The van der Waals surface area contributed by atoms with E-state index in [1.165, 1.54) is 0 Å². The summed E-state index contributed by atoms with van der Waals surface area (Å²) in [6.07, 6.45) is 3.91. The van der Waals surface area contributed by atoms with E-state index in [1.54, 1.807) is 37.6 Å². The molecule has 2 rings (SSSR count). The summed E-state index contributed by atoms with van der Waals surface area (Å²) in [5.41, 5.74) is 5.48. The van der Waals surface area contributed by atoms with Gasteiger partial charge in [-0.2, -0.15) is 5.10 Å². The second-order valence-electron chi connectivity index (χ2n) is 6.16. The molecule has 2 amide bonds. The van der Waals surface area contributed by atoms with Crippen molar-refractivity contribution in [1.82, 2.24) is 5.43 Å². The van der Waals surface area contributed by atoms with Crippen molar-refractivity contribution in [3.63, 3.8) is 0 Å². The summed E-state index contributed by atoms with van der Waals surface area (Å²) >= 11 is 0. The molecule has 0 aliphatic rings. The zero-order valence-electron chi connectivity index (χ0n) is 15.9. The molecule has 0 atom stereocenters. The molecule has 0 heterocycles. The molecule has 6 nitrogen and oxygen atoms in total. The van der Waals surface area contributed by atoms with E-state index >= 15 is 0 Å². The molecule has 2 aromatic rings. The second-order valence-corrected chi connectivity index (χ2v) is 6.16. The number of carbonyl (C=O) groups excluding carboxylic acids is 2. The maximum absolute atomic E-state index is 12.1. The molecular weight excluding hydrogens is 342 g/mol. The number of methoxy groups -OCH3 is 1. The van der Waals surface area contributed by atoms with Crippen molar-refractivity contribution in [3.05, 3.63) is 59.2 Å². The van der Waals surface area contributed by atoms with Gasteiger partial charge in [-0.05, 0) is 66.9 Å². The van der Waals surface area contributed by atoms with Gasteiger partial charge in [-0.3, -0.25) is 9.59 Å². The molecule has 27 heavy (non-hydrogen) atoms. The number of benzene rings is 2. The Morgan fingerprint density at radius 3 is 2.52 bits per heavy atom. The van der Waals surface area contributed by atoms with Gasteiger partial charge in [0, 0.05) is 17.7 Å². The molecule has 2 N–H and O–H groups in total. The lowest BCUT2D eigenvalue weighted by atomic mass is 10.1. The van der Waals surface area contributed by atoms with Crippen LogP contribution in [-0.4, -0.2) is 25.1 Å². The van der Waals surface area contributed by atoms with E-state index in [0.717, 1.165) is 29.7 Å². The third-order valence-corrected chi connectivity index (χ3v) is 3.99. The van der Waals surface area contributed by atoms with Gasteiger partial charge in [0.1, 0.15) is 5.75 Å². The fourth-order valence-electron chi connectivity index (χ4n) is 2.48. The fourth-order valence-corrected chi connectivity index (χ4v) is 2.48. The molecule has 0 aliphatic carbocycles. The highest BCUT2D eigenvalue weighted by molar-refractivity contribution is 5.96. The number of nitrogens with zero attached hydrogens (tertiary/aromatic N) is 1. The van der Waals surface area contributed by atoms with Crippen molar-refractivity contribution in [3.8, 4) is 5.75 Å². The predicted octanol–water partition coefficient (Wildman–Crippen LogP) is 3.90. The summed E-state index contributed by atoms with van der Waals surface area (Å²) in [6, 6.07) is 12.3. The first kappa shape index (κ1) is 20.2. The third-order valence-electron chi connectivity index (χ3n) is 3.99. The average Bonchev–Trinajstić information content (AvgIpc) is 2.67. The van der Waals surface area contributed by atoms with Crippen LogP contribution >= 0.6 is 0 Å². The van der Waals surface area contributed by atoms with Gasteiger partial charge in [-0.1, -0.05) is 13.3 Å². The average molecular weight is 367 g/mol. The Morgan fingerprint density at radius 1 is 1.15 bits per heavy atom. The van der Waals surface area contributed by atoms with Crippen LogP contribution in [0.3, 0.4) is 0 Å². The van der Waals surface area contributed by atoms with Crippen molar-refractivity contribution in [2.45, 2.75) is 33.1 Å². The maximum Gasteiger partial charge on any atom is 0.271 e. The Kier molecular flexibility index (Phi) is 7.55. The summed E-state index contributed by atoms with van der Waals surface area (Å²) < 4.78 is 5.21. The van der Waals surface area contributed by atoms with Crippen LogP contribution in [0.1, 0.15) is 47.7 Å². The number of nitrogens with one attached hydrogen (secondary N) is 2. The third kappa shape index (κ3) is 6.26. The molecule has 2 aromatic carbocycles. The van der Waals surface area contributed by atoms with E-state index in [-0.39, 0.29) is 11.8 Å². The van der Waals surface area contributed by atoms with E-state index in [0.29, 0.717) is 17.7 Å². The van der Waals surface area contributed by atoms with Gasteiger partial charge >= 0.3 is 0 Å². The standard InChI is InChI=1S/C21H25N3O3/c1-4-5-6-20(25)23-18-10-8-17(9-11-18)21(26)24-22-14-16-7-12-19(27-3)15(2)13-16/h7-14H,4-6H2,1-3H3,(H,23,25)(H,24,26)/b22-14+. The minimum atomic E-state index is -0.319. The number of anilines is 1. The smallest absolute Gasteiger partial charge is 0.271 e. The number of aryl methyl sites for hydroxylation is 1. The van der Waals surface area contributed by atoms with Gasteiger partial charge < -0.3 is 10.1 Å². The Labute approximate surface area is 159 Å². The number of rotatable bonds is 8. The molecular formula is C21H25N3O3. The monoisotopic (exact) mass is 367 g/mol. The Hall–Kier alpha value is -3.15. The van der Waals surface area contributed by atoms with Crippen molar-refractivity contribution in [2.75, 3.05) is 12.4 Å². The molecule has 142 valence electrons. The van der Waals surface area contributed by atoms with Gasteiger partial charge in [0.2, 0.25) is 5.91 Å². The number of hydrogen-bond acceptors (Lipinski definition) is 4. The Balaban J connectivity index is 1.90. The summed E-state index contributed by atoms with van der Waals surface area (Å²) in [5, 5.41) is 6.80. The molecule has 0 unspecified atom stereocenters. The predicted molar refractivity (Wildman–Crippen MR) is 107 cm³/mol. The highest BCUT2D eigenvalue weighted by Crippen LogP contribution is 2.17. The van der Waals surface area contributed by atoms with Crippen molar-refractivity contribution in [1.29, 1.82) is 0 Å². The van der Waals surface area contributed by atoms with Crippen molar-refractivity contribution < 1.29 is 14.3 Å². The summed E-state index contributed by atoms with van der Waals surface area (Å²) in [6.45, 7) is 3.98. The van der Waals surface area contributed by atoms with Crippen LogP contribution in [0.5, 0.6) is 5.75 Å². The molecule has 0 fully saturated rings. The van der Waals surface area contributed by atoms with Gasteiger partial charge in [0.15, 0.2) is 0 Å². The van der Waals surface area contributed by atoms with Crippen LogP contribution in [0.4, 0.5) is 5.69 Å². The number of hydrazone groups is 1. The second kappa shape index (κ2) is 10.1. The van der Waals surface area contributed by atoms with Crippen LogP contribution in [0.15, 0.2) is 47.6 Å². The lowest BCUT2D eigenvalue weighted by Crippen LogP contribution is -2.17. The molecule has 0 bridgehead atoms. The van der Waals surface area contributed by atoms with Crippen molar-refractivity contribution in [2.24, 2.45) is 5.10 Å². The molecule has 0 saturated carbocycles. The van der Waals surface area contributed by atoms with Gasteiger partial charge in [-0.25, -0.2) is 5.43 Å². The zero-order chi connectivity index (χ0) is 19.6. The van der Waals surface area contributed by atoms with Crippen LogP contribution < -0.4 is 15.5 Å². The largest absolute Gasteiger partial charge is 0.496 e. The molecule has 0 aliphatic heterocycles. The van der Waals surface area contributed by atoms with E-state index in [9.17, 15) is 9.59 Å². The minimum Gasteiger partial charge on any atom is -0.496 e. The first-order valence-corrected chi connectivity index (χ1v) is 8.91. The van der Waals surface area contributed by atoms with Crippen LogP contribution in [0.25, 0.3) is 0 Å². The molecule has 0 saturated heterocycles. The maximum atomic E-state index is 12.1. The number of unbranched alkanes of at least 4 members (excludes halogenated alkanes) is 1. The highest BCUT2D eigenvalue weighted by atomic mass is 16.5. The zero-order valence-corrected chi connectivity index (χ0v) is 15.9. The van der Waals surface area contributed by atoms with E-state index < -0.39 is 0 Å². The van der Waals surface area contributed by atoms with E-state index in [4.69, 9.17) is 4.74 Å². The van der Waals surface area contributed by atoms with Gasteiger partial charge in [0.05, 0.1) is 13.3 Å². The lowest BCUT2D eigenvalue weighted by Gasteiger charge is -2.06. The number of ether oxygens (including phenoxy) is 1. The molecule has 0 aromatic heterocycles. The van der Waals surface area contributed by atoms with Crippen molar-refractivity contribution >= 4 is 23.7 Å². The van der Waals surface area contributed by atoms with E-state index in [2.05, 4.69) is 15.8 Å². The first-order valence-electron chi connectivity index (χ1n) is 8.91. The quantitative estimate of drug-likeness (QED) is 0.549. The Morgan fingerprint density at radius 2 is 1.89 bits per heavy atom. The topological polar surface area (TPSA) is 79.8 Å². The SMILES string of the molecule is CCCCC(=O)Nc1ccc(C(=O)N/N=C/c2ccc(OC)c(C)c2)cc1. The number of hydrogen-bond donors (Lipinski definition) is 2. The minimum absolute atomic E-state index is 0.0200. The normalized spacial score (nSPS) is 10.6. The van der Waals surface area contributed by atoms with Crippen LogP contribution in [0.2, 0.25) is 0 Å². The summed E-state index contributed by atoms with van der Waals surface area (Å²) in [7, 11) is 1.62. The summed E-state index contributed by atoms with van der Waals surface area (Å²) in [4.78, 5) is 23.9. The first-order chi connectivity index (χ1) is 13.0. The number of amides is 2. The number of carbonyl (C=O) groups is 2. The Bertz CT molecular complexity index is 814. The molecule has 0 spiro atoms.